The van der Waals surface area contributed by atoms with Crippen LogP contribution in [0.3, 0.4) is 0 Å². The molecule has 2 heterocycles. The van der Waals surface area contributed by atoms with Crippen molar-refractivity contribution in [1.29, 1.82) is 0 Å². The van der Waals surface area contributed by atoms with Gasteiger partial charge in [0, 0.05) is 35.7 Å². The summed E-state index contributed by atoms with van der Waals surface area (Å²) in [4.78, 5) is 41.2. The number of benzene rings is 2. The number of likely N-dealkylation sites (N-methyl/N-ethyl adjacent to an activating group) is 1. The van der Waals surface area contributed by atoms with E-state index in [1.54, 1.807) is 58.9 Å². The molecule has 0 saturated carbocycles. The summed E-state index contributed by atoms with van der Waals surface area (Å²) in [5, 5.41) is 24.6. The lowest BCUT2D eigenvalue weighted by Crippen LogP contribution is -2.50. The number of fused-ring (bicyclic) bond motifs is 1. The number of phenols is 2. The van der Waals surface area contributed by atoms with Crippen molar-refractivity contribution in [1.82, 2.24) is 10.2 Å². The smallest absolute Gasteiger partial charge is 0.408 e. The van der Waals surface area contributed by atoms with Crippen LogP contribution in [0.1, 0.15) is 52.5 Å². The summed E-state index contributed by atoms with van der Waals surface area (Å²) in [5.41, 5.74) is -0.588. The van der Waals surface area contributed by atoms with Crippen molar-refractivity contribution in [3.05, 3.63) is 57.2 Å². The molecular weight excluding hydrogens is 564 g/mol. The lowest BCUT2D eigenvalue weighted by Gasteiger charge is -2.37. The number of rotatable bonds is 6. The second kappa shape index (κ2) is 12.2. The molecule has 0 spiro atoms. The van der Waals surface area contributed by atoms with E-state index in [1.807, 2.05) is 11.9 Å². The van der Waals surface area contributed by atoms with Crippen molar-refractivity contribution >= 4 is 34.6 Å². The molecule has 1 saturated heterocycles. The van der Waals surface area contributed by atoms with Crippen LogP contribution in [0.25, 0.3) is 22.3 Å². The summed E-state index contributed by atoms with van der Waals surface area (Å²) in [6.45, 7) is 9.63. The van der Waals surface area contributed by atoms with Gasteiger partial charge in [0.05, 0.1) is 5.02 Å². The highest BCUT2D eigenvalue weighted by Crippen LogP contribution is 2.43. The molecule has 1 aliphatic rings. The number of amides is 1. The van der Waals surface area contributed by atoms with Crippen molar-refractivity contribution in [3.8, 4) is 22.8 Å². The molecule has 3 aromatic rings. The summed E-state index contributed by atoms with van der Waals surface area (Å²) in [6, 6.07) is 8.18. The zero-order valence-corrected chi connectivity index (χ0v) is 25.3. The highest BCUT2D eigenvalue weighted by Gasteiger charge is 2.39. The Morgan fingerprint density at radius 3 is 2.48 bits per heavy atom. The predicted octanol–water partition coefficient (Wildman–Crippen LogP) is 5.40. The Morgan fingerprint density at radius 1 is 1.14 bits per heavy atom. The number of halogens is 1. The molecule has 1 aliphatic heterocycles. The summed E-state index contributed by atoms with van der Waals surface area (Å²) in [7, 11) is 1.88. The Balaban J connectivity index is 1.76. The van der Waals surface area contributed by atoms with Crippen LogP contribution in [0.15, 0.2) is 45.6 Å². The monoisotopic (exact) mass is 600 g/mol. The highest BCUT2D eigenvalue weighted by atomic mass is 35.5. The van der Waals surface area contributed by atoms with Crippen LogP contribution in [0.5, 0.6) is 11.5 Å². The molecule has 0 radical (unpaired) electrons. The third-order valence-corrected chi connectivity index (χ3v) is 7.46. The fourth-order valence-electron chi connectivity index (χ4n) is 5.15. The first kappa shape index (κ1) is 31.2. The van der Waals surface area contributed by atoms with Crippen LogP contribution < -0.4 is 10.7 Å². The Kier molecular flexibility index (Phi) is 9.08. The molecule has 3 N–H and O–H groups in total. The van der Waals surface area contributed by atoms with E-state index in [9.17, 15) is 24.6 Å². The first-order valence-electron chi connectivity index (χ1n) is 13.8. The maximum Gasteiger partial charge on any atom is 0.408 e. The van der Waals surface area contributed by atoms with Gasteiger partial charge in [-0.05, 0) is 58.8 Å². The van der Waals surface area contributed by atoms with Gasteiger partial charge < -0.3 is 34.3 Å². The number of esters is 1. The molecule has 1 amide bonds. The molecule has 3 atom stereocenters. The number of hydrogen-bond donors (Lipinski definition) is 3. The van der Waals surface area contributed by atoms with Crippen LogP contribution >= 0.6 is 11.6 Å². The third kappa shape index (κ3) is 6.82. The maximum absolute atomic E-state index is 13.5. The molecule has 11 heteroatoms. The van der Waals surface area contributed by atoms with Crippen molar-refractivity contribution in [3.63, 3.8) is 0 Å². The van der Waals surface area contributed by atoms with Gasteiger partial charge in [0.25, 0.3) is 0 Å². The van der Waals surface area contributed by atoms with Gasteiger partial charge in [0.2, 0.25) is 0 Å². The van der Waals surface area contributed by atoms with Crippen LogP contribution in [0.4, 0.5) is 4.79 Å². The van der Waals surface area contributed by atoms with Crippen molar-refractivity contribution in [2.75, 3.05) is 20.1 Å². The van der Waals surface area contributed by atoms with E-state index in [0.29, 0.717) is 30.1 Å². The van der Waals surface area contributed by atoms with E-state index in [2.05, 4.69) is 5.32 Å². The van der Waals surface area contributed by atoms with E-state index >= 15 is 0 Å². The molecule has 1 fully saturated rings. The van der Waals surface area contributed by atoms with Crippen LogP contribution in [0, 0.1) is 5.92 Å². The van der Waals surface area contributed by atoms with E-state index in [4.69, 9.17) is 25.5 Å². The Morgan fingerprint density at radius 2 is 1.83 bits per heavy atom. The lowest BCUT2D eigenvalue weighted by atomic mass is 9.85. The number of nitrogens with zero attached hydrogens (tertiary/aromatic N) is 1. The van der Waals surface area contributed by atoms with Crippen molar-refractivity contribution in [2.24, 2.45) is 5.92 Å². The largest absolute Gasteiger partial charge is 0.507 e. The van der Waals surface area contributed by atoms with E-state index in [1.165, 1.54) is 6.07 Å². The SMILES string of the molecule is CC(C)[C@H](NC(=O)OC(C)(C)C)C(=O)O[C@@H]1CN(C)CC[C@@H]1c1c(O)cc(O)c2c(=O)cc(-c3ccccc3Cl)oc12. The topological polar surface area (TPSA) is 139 Å². The molecule has 4 rings (SSSR count). The number of phenolic OH excluding ortho intramolecular Hbond substituents is 2. The Labute approximate surface area is 249 Å². The zero-order valence-electron chi connectivity index (χ0n) is 24.6. The number of likely N-dealkylation sites (tertiary alicyclic amines) is 1. The lowest BCUT2D eigenvalue weighted by molar-refractivity contribution is -0.156. The molecule has 42 heavy (non-hydrogen) atoms. The summed E-state index contributed by atoms with van der Waals surface area (Å²) >= 11 is 6.37. The molecule has 2 aromatic carbocycles. The normalized spacial score (nSPS) is 18.6. The predicted molar refractivity (Wildman–Crippen MR) is 159 cm³/mol. The first-order valence-corrected chi connectivity index (χ1v) is 14.2. The second-order valence-corrected chi connectivity index (χ2v) is 12.4. The minimum atomic E-state index is -0.998. The van der Waals surface area contributed by atoms with Gasteiger partial charge in [-0.15, -0.1) is 0 Å². The fourth-order valence-corrected chi connectivity index (χ4v) is 5.38. The average Bonchev–Trinajstić information content (AvgIpc) is 2.87. The molecule has 0 unspecified atom stereocenters. The fraction of sp³-hybridized carbons (Fsp3) is 0.452. The molecule has 0 bridgehead atoms. The molecular formula is C31H37ClN2O8. The second-order valence-electron chi connectivity index (χ2n) is 12.0. The van der Waals surface area contributed by atoms with Gasteiger partial charge in [-0.3, -0.25) is 4.79 Å². The van der Waals surface area contributed by atoms with Gasteiger partial charge >= 0.3 is 12.1 Å². The Hall–Kier alpha value is -3.76. The van der Waals surface area contributed by atoms with E-state index in [0.717, 1.165) is 6.07 Å². The van der Waals surface area contributed by atoms with E-state index < -0.39 is 46.9 Å². The van der Waals surface area contributed by atoms with Gasteiger partial charge in [0.15, 0.2) is 5.43 Å². The first-order chi connectivity index (χ1) is 19.7. The van der Waals surface area contributed by atoms with Gasteiger partial charge in [0.1, 0.15) is 46.0 Å². The van der Waals surface area contributed by atoms with Crippen LogP contribution in [-0.4, -0.2) is 65.1 Å². The molecule has 0 aliphatic carbocycles. The number of piperidine rings is 1. The zero-order chi connectivity index (χ0) is 30.9. The summed E-state index contributed by atoms with van der Waals surface area (Å²) in [5.74, 6) is -2.17. The summed E-state index contributed by atoms with van der Waals surface area (Å²) in [6.07, 6.45) is -1.09. The number of carbonyl (C=O) groups is 2. The maximum atomic E-state index is 13.5. The quantitative estimate of drug-likeness (QED) is 0.317. The van der Waals surface area contributed by atoms with Gasteiger partial charge in [-0.25, -0.2) is 9.59 Å². The minimum absolute atomic E-state index is 0.0159. The number of hydrogen-bond acceptors (Lipinski definition) is 9. The summed E-state index contributed by atoms with van der Waals surface area (Å²) < 4.78 is 17.5. The average molecular weight is 601 g/mol. The Bertz CT molecular complexity index is 1540. The van der Waals surface area contributed by atoms with Crippen LogP contribution in [-0.2, 0) is 14.3 Å². The molecule has 10 nitrogen and oxygen atoms in total. The number of nitrogens with one attached hydrogen (secondary N) is 1. The molecule has 1 aromatic heterocycles. The standard InChI is InChI=1S/C31H37ClN2O8/c1-16(2)27(33-30(39)42-31(3,4)5)29(38)41-24-15-34(6)12-11-18(24)25-20(35)13-21(36)26-22(37)14-23(40-28(25)26)17-9-7-8-10-19(17)32/h7-10,13-14,16,18,24,27,35-36H,11-12,15H2,1-6H3,(H,33,39)/t18-,24+,27-/m0/s1. The number of aromatic hydroxyl groups is 2. The third-order valence-electron chi connectivity index (χ3n) is 7.13. The van der Waals surface area contributed by atoms with E-state index in [-0.39, 0.29) is 34.0 Å². The van der Waals surface area contributed by atoms with Gasteiger partial charge in [-0.1, -0.05) is 37.6 Å². The van der Waals surface area contributed by atoms with Crippen molar-refractivity contribution in [2.45, 2.75) is 64.7 Å². The van der Waals surface area contributed by atoms with Crippen LogP contribution in [0.2, 0.25) is 5.02 Å². The molecule has 226 valence electrons. The number of carbonyl (C=O) groups excluding carboxylic acids is 2. The van der Waals surface area contributed by atoms with Gasteiger partial charge in [-0.2, -0.15) is 0 Å². The minimum Gasteiger partial charge on any atom is -0.507 e. The number of ether oxygens (including phenoxy) is 2. The number of alkyl carbamates (subject to hydrolysis) is 1. The van der Waals surface area contributed by atoms with Crippen molar-refractivity contribution < 1.29 is 33.7 Å². The highest BCUT2D eigenvalue weighted by molar-refractivity contribution is 6.33.